The second-order valence-corrected chi connectivity index (χ2v) is 6.72. The van der Waals surface area contributed by atoms with E-state index in [0.717, 1.165) is 17.7 Å². The van der Waals surface area contributed by atoms with E-state index in [1.807, 2.05) is 4.90 Å². The van der Waals surface area contributed by atoms with Crippen LogP contribution in [0.1, 0.15) is 24.8 Å². The zero-order valence-corrected chi connectivity index (χ0v) is 13.3. The molecule has 1 aromatic rings. The Labute approximate surface area is 138 Å². The lowest BCUT2D eigenvalue weighted by Crippen LogP contribution is -2.72. The van der Waals surface area contributed by atoms with Crippen molar-refractivity contribution in [1.29, 1.82) is 0 Å². The molecule has 126 valence electrons. The number of anilines is 1. The number of rotatable bonds is 0. The average molecular weight is 331 g/mol. The van der Waals surface area contributed by atoms with Crippen molar-refractivity contribution in [1.82, 2.24) is 10.2 Å². The van der Waals surface area contributed by atoms with Crippen molar-refractivity contribution in [3.63, 3.8) is 0 Å². The zero-order chi connectivity index (χ0) is 17.1. The van der Waals surface area contributed by atoms with Crippen molar-refractivity contribution < 1.29 is 18.8 Å². The first-order valence-corrected chi connectivity index (χ1v) is 8.14. The summed E-state index contributed by atoms with van der Waals surface area (Å²) in [5, 5.41) is 2.31. The molecule has 2 saturated heterocycles. The number of amides is 4. The van der Waals surface area contributed by atoms with Crippen LogP contribution in [-0.4, -0.2) is 42.4 Å². The molecule has 4 amide bonds. The predicted molar refractivity (Wildman–Crippen MR) is 83.8 cm³/mol. The number of carbonyl (C=O) groups is 3. The number of imide groups is 2. The van der Waals surface area contributed by atoms with E-state index in [2.05, 4.69) is 5.32 Å². The summed E-state index contributed by atoms with van der Waals surface area (Å²) in [6.07, 6.45) is 2.48. The maximum atomic E-state index is 14.4. The molecule has 1 N–H and O–H groups in total. The van der Waals surface area contributed by atoms with Gasteiger partial charge in [-0.15, -0.1) is 0 Å². The Bertz CT molecular complexity index is 765. The van der Waals surface area contributed by atoms with Crippen LogP contribution in [0.3, 0.4) is 0 Å². The molecule has 1 aromatic carbocycles. The van der Waals surface area contributed by atoms with Gasteiger partial charge in [-0.1, -0.05) is 12.1 Å². The number of nitrogens with zero attached hydrogens (tertiary/aromatic N) is 2. The fourth-order valence-corrected chi connectivity index (χ4v) is 4.38. The van der Waals surface area contributed by atoms with Gasteiger partial charge in [0.1, 0.15) is 5.82 Å². The summed E-state index contributed by atoms with van der Waals surface area (Å²) in [4.78, 5) is 40.4. The number of fused-ring (bicyclic) bond motifs is 4. The summed E-state index contributed by atoms with van der Waals surface area (Å²) < 4.78 is 14.4. The number of urea groups is 1. The molecule has 24 heavy (non-hydrogen) atoms. The van der Waals surface area contributed by atoms with Crippen LogP contribution in [0.4, 0.5) is 14.9 Å². The predicted octanol–water partition coefficient (Wildman–Crippen LogP) is 1.44. The van der Waals surface area contributed by atoms with Gasteiger partial charge in [-0.25, -0.2) is 9.18 Å². The summed E-state index contributed by atoms with van der Waals surface area (Å²) >= 11 is 0. The highest BCUT2D eigenvalue weighted by molar-refractivity contribution is 6.20. The standard InChI is InChI=1S/C17H18FN3O3/c1-20-15(23)17(14(22)19-16(20)24)9-10-5-4-6-11(18)13(10)21-8-3-2-7-12(17)21/h4-6,12H,2-3,7-9H2,1H3,(H,19,22,24)/t12-,17-/m0/s1. The van der Waals surface area contributed by atoms with Crippen LogP contribution >= 0.6 is 0 Å². The molecule has 2 fully saturated rings. The molecular weight excluding hydrogens is 313 g/mol. The highest BCUT2D eigenvalue weighted by Gasteiger charge is 2.61. The summed E-state index contributed by atoms with van der Waals surface area (Å²) in [6.45, 7) is 0.596. The van der Waals surface area contributed by atoms with Crippen molar-refractivity contribution >= 4 is 23.5 Å². The van der Waals surface area contributed by atoms with Gasteiger partial charge in [-0.2, -0.15) is 0 Å². The number of barbiturate groups is 1. The molecule has 0 unspecified atom stereocenters. The molecule has 1 spiro atoms. The zero-order valence-electron chi connectivity index (χ0n) is 13.3. The van der Waals surface area contributed by atoms with Gasteiger partial charge >= 0.3 is 6.03 Å². The van der Waals surface area contributed by atoms with E-state index in [1.54, 1.807) is 12.1 Å². The smallest absolute Gasteiger partial charge is 0.330 e. The molecule has 0 bridgehead atoms. The van der Waals surface area contributed by atoms with E-state index >= 15 is 0 Å². The Morgan fingerprint density at radius 1 is 1.25 bits per heavy atom. The Kier molecular flexibility index (Phi) is 3.16. The van der Waals surface area contributed by atoms with Crippen LogP contribution in [0, 0.1) is 11.2 Å². The second kappa shape index (κ2) is 5.03. The van der Waals surface area contributed by atoms with Crippen molar-refractivity contribution in [3.8, 4) is 0 Å². The van der Waals surface area contributed by atoms with Crippen LogP contribution in [0.5, 0.6) is 0 Å². The first-order valence-electron chi connectivity index (χ1n) is 8.14. The van der Waals surface area contributed by atoms with E-state index in [4.69, 9.17) is 0 Å². The molecule has 0 aromatic heterocycles. The lowest BCUT2D eigenvalue weighted by Gasteiger charge is -2.53. The monoisotopic (exact) mass is 331 g/mol. The first-order chi connectivity index (χ1) is 11.5. The third kappa shape index (κ3) is 1.78. The van der Waals surface area contributed by atoms with E-state index < -0.39 is 29.3 Å². The van der Waals surface area contributed by atoms with Gasteiger partial charge in [-0.3, -0.25) is 19.8 Å². The maximum absolute atomic E-state index is 14.4. The highest BCUT2D eigenvalue weighted by atomic mass is 19.1. The second-order valence-electron chi connectivity index (χ2n) is 6.72. The summed E-state index contributed by atoms with van der Waals surface area (Å²) in [5.41, 5.74) is -0.239. The van der Waals surface area contributed by atoms with Crippen LogP contribution < -0.4 is 10.2 Å². The third-order valence-corrected chi connectivity index (χ3v) is 5.52. The Balaban J connectivity index is 1.92. The number of nitrogens with one attached hydrogen (secondary N) is 1. The lowest BCUT2D eigenvalue weighted by atomic mass is 9.66. The Morgan fingerprint density at radius 3 is 2.83 bits per heavy atom. The van der Waals surface area contributed by atoms with Crippen LogP contribution in [-0.2, 0) is 16.0 Å². The number of carbonyl (C=O) groups excluding carboxylic acids is 3. The van der Waals surface area contributed by atoms with Gasteiger partial charge in [0.15, 0.2) is 5.41 Å². The average Bonchev–Trinajstić information content (AvgIpc) is 2.58. The van der Waals surface area contributed by atoms with Gasteiger partial charge in [0.05, 0.1) is 11.7 Å². The van der Waals surface area contributed by atoms with E-state index in [9.17, 15) is 18.8 Å². The van der Waals surface area contributed by atoms with Crippen LogP contribution in [0.2, 0.25) is 0 Å². The maximum Gasteiger partial charge on any atom is 0.330 e. The summed E-state index contributed by atoms with van der Waals surface area (Å²) in [6, 6.07) is 3.61. The Morgan fingerprint density at radius 2 is 2.04 bits per heavy atom. The van der Waals surface area contributed by atoms with Crippen molar-refractivity contribution in [2.75, 3.05) is 18.5 Å². The van der Waals surface area contributed by atoms with Crippen LogP contribution in [0.25, 0.3) is 0 Å². The molecule has 3 heterocycles. The number of halogens is 1. The highest BCUT2D eigenvalue weighted by Crippen LogP contribution is 2.48. The SMILES string of the molecule is CN1C(=O)NC(=O)[C@@]2(Cc3cccc(F)c3N3CCCC[C@H]32)C1=O. The van der Waals surface area contributed by atoms with E-state index in [1.165, 1.54) is 13.1 Å². The molecule has 0 aliphatic carbocycles. The van der Waals surface area contributed by atoms with Gasteiger partial charge in [0, 0.05) is 13.6 Å². The third-order valence-electron chi connectivity index (χ3n) is 5.52. The number of benzene rings is 1. The largest absolute Gasteiger partial charge is 0.364 e. The quantitative estimate of drug-likeness (QED) is 0.730. The molecule has 0 saturated carbocycles. The normalized spacial score (nSPS) is 29.4. The fraction of sp³-hybridized carbons (Fsp3) is 0.471. The fourth-order valence-electron chi connectivity index (χ4n) is 4.38. The summed E-state index contributed by atoms with van der Waals surface area (Å²) in [5.74, 6) is -1.40. The van der Waals surface area contributed by atoms with E-state index in [-0.39, 0.29) is 12.2 Å². The van der Waals surface area contributed by atoms with Crippen molar-refractivity contribution in [2.24, 2.45) is 5.41 Å². The Hall–Kier alpha value is -2.44. The lowest BCUT2D eigenvalue weighted by molar-refractivity contribution is -0.153. The number of hydrogen-bond acceptors (Lipinski definition) is 4. The van der Waals surface area contributed by atoms with E-state index in [0.29, 0.717) is 24.2 Å². The van der Waals surface area contributed by atoms with Gasteiger partial charge in [-0.05, 0) is 37.3 Å². The minimum atomic E-state index is -1.37. The minimum absolute atomic E-state index is 0.115. The molecule has 4 rings (SSSR count). The van der Waals surface area contributed by atoms with Crippen LogP contribution in [0.15, 0.2) is 18.2 Å². The van der Waals surface area contributed by atoms with Gasteiger partial charge in [0.2, 0.25) is 11.8 Å². The number of para-hydroxylation sites is 1. The minimum Gasteiger partial charge on any atom is -0.364 e. The first kappa shape index (κ1) is 15.1. The molecule has 2 atom stereocenters. The number of piperidine rings is 1. The molecule has 3 aliphatic heterocycles. The summed E-state index contributed by atoms with van der Waals surface area (Å²) in [7, 11) is 1.38. The molecule has 6 nitrogen and oxygen atoms in total. The van der Waals surface area contributed by atoms with Gasteiger partial charge in [0.25, 0.3) is 0 Å². The molecule has 0 radical (unpaired) electrons. The topological polar surface area (TPSA) is 69.7 Å². The van der Waals surface area contributed by atoms with Crippen molar-refractivity contribution in [3.05, 3.63) is 29.6 Å². The number of hydrogen-bond donors (Lipinski definition) is 1. The van der Waals surface area contributed by atoms with Gasteiger partial charge < -0.3 is 4.90 Å². The molecular formula is C17H18FN3O3. The molecule has 7 heteroatoms. The molecule has 3 aliphatic rings. The van der Waals surface area contributed by atoms with Crippen molar-refractivity contribution in [2.45, 2.75) is 31.7 Å².